The lowest BCUT2D eigenvalue weighted by molar-refractivity contribution is 0.0360. The van der Waals surface area contributed by atoms with Gasteiger partial charge in [-0.05, 0) is 31.9 Å². The molecule has 0 bridgehead atoms. The highest BCUT2D eigenvalue weighted by atomic mass is 32.1. The van der Waals surface area contributed by atoms with Gasteiger partial charge in [-0.15, -0.1) is 11.3 Å². The summed E-state index contributed by atoms with van der Waals surface area (Å²) in [4.78, 5) is 35.6. The molecule has 0 saturated carbocycles. The maximum atomic E-state index is 12.8. The zero-order chi connectivity index (χ0) is 20.5. The predicted molar refractivity (Wildman–Crippen MR) is 108 cm³/mol. The van der Waals surface area contributed by atoms with Gasteiger partial charge in [0.1, 0.15) is 10.7 Å². The summed E-state index contributed by atoms with van der Waals surface area (Å²) in [5, 5.41) is 5.26. The highest BCUT2D eigenvalue weighted by Crippen LogP contribution is 2.20. The average Bonchev–Trinajstić information content (AvgIpc) is 3.14. The molecule has 1 aromatic carbocycles. The molecule has 0 aliphatic heterocycles. The lowest BCUT2D eigenvalue weighted by Crippen LogP contribution is -2.37. The van der Waals surface area contributed by atoms with Gasteiger partial charge in [-0.2, -0.15) is 0 Å². The summed E-state index contributed by atoms with van der Waals surface area (Å²) < 4.78 is 5.13. The van der Waals surface area contributed by atoms with Crippen molar-refractivity contribution >= 4 is 29.0 Å². The Morgan fingerprint density at radius 2 is 1.96 bits per heavy atom. The maximum absolute atomic E-state index is 12.8. The molecule has 9 heteroatoms. The summed E-state index contributed by atoms with van der Waals surface area (Å²) >= 11 is 1.31. The number of hydrogen-bond acceptors (Lipinski definition) is 6. The number of aromatic nitrogens is 1. The van der Waals surface area contributed by atoms with E-state index in [4.69, 9.17) is 9.57 Å². The number of hydroxylamine groups is 1. The van der Waals surface area contributed by atoms with E-state index < -0.39 is 5.91 Å². The second-order valence-corrected chi connectivity index (χ2v) is 7.04. The number of thiazole rings is 1. The van der Waals surface area contributed by atoms with E-state index in [1.54, 1.807) is 24.3 Å². The molecule has 0 unspecified atom stereocenters. The fourth-order valence-electron chi connectivity index (χ4n) is 2.49. The summed E-state index contributed by atoms with van der Waals surface area (Å²) in [5.74, 6) is -0.409. The number of carbonyl (C=O) groups excluding carboxylic acids is 2. The van der Waals surface area contributed by atoms with Gasteiger partial charge in [0.2, 0.25) is 0 Å². The van der Waals surface area contributed by atoms with E-state index in [2.05, 4.69) is 15.8 Å². The van der Waals surface area contributed by atoms with Gasteiger partial charge in [0.15, 0.2) is 0 Å². The number of benzene rings is 1. The van der Waals surface area contributed by atoms with Gasteiger partial charge in [0, 0.05) is 24.7 Å². The quantitative estimate of drug-likeness (QED) is 0.624. The van der Waals surface area contributed by atoms with Crippen LogP contribution in [0.4, 0.5) is 10.5 Å². The Hall–Kier alpha value is -2.49. The second-order valence-electron chi connectivity index (χ2n) is 6.10. The monoisotopic (exact) mass is 406 g/mol. The Balaban J connectivity index is 2.10. The number of rotatable bonds is 9. The Morgan fingerprint density at radius 1 is 1.25 bits per heavy atom. The van der Waals surface area contributed by atoms with Crippen molar-refractivity contribution in [3.63, 3.8) is 0 Å². The highest BCUT2D eigenvalue weighted by Gasteiger charge is 2.19. The molecule has 0 fully saturated rings. The number of amides is 3. The van der Waals surface area contributed by atoms with Gasteiger partial charge in [-0.3, -0.25) is 9.63 Å². The van der Waals surface area contributed by atoms with E-state index in [0.717, 1.165) is 16.8 Å². The van der Waals surface area contributed by atoms with Crippen LogP contribution in [-0.2, 0) is 16.1 Å². The number of ether oxygens (including phenoxy) is 1. The van der Waals surface area contributed by atoms with E-state index in [9.17, 15) is 9.59 Å². The zero-order valence-electron chi connectivity index (χ0n) is 16.6. The fraction of sp³-hybridized carbons (Fsp3) is 0.421. The molecule has 0 radical (unpaired) electrons. The first-order chi connectivity index (χ1) is 13.5. The highest BCUT2D eigenvalue weighted by molar-refractivity contribution is 7.09. The minimum absolute atomic E-state index is 0.245. The van der Waals surface area contributed by atoms with Crippen LogP contribution in [-0.4, -0.2) is 48.7 Å². The van der Waals surface area contributed by atoms with Gasteiger partial charge in [-0.25, -0.2) is 15.3 Å². The van der Waals surface area contributed by atoms with Crippen LogP contribution in [0, 0.1) is 13.8 Å². The third kappa shape index (κ3) is 6.01. The topological polar surface area (TPSA) is 92.8 Å². The number of anilines is 1. The summed E-state index contributed by atoms with van der Waals surface area (Å²) in [5.41, 5.74) is 5.35. The van der Waals surface area contributed by atoms with Gasteiger partial charge in [-0.1, -0.05) is 18.2 Å². The summed E-state index contributed by atoms with van der Waals surface area (Å²) in [7, 11) is 1.58. The van der Waals surface area contributed by atoms with Crippen molar-refractivity contribution in [2.75, 3.05) is 32.2 Å². The Morgan fingerprint density at radius 3 is 2.61 bits per heavy atom. The third-order valence-electron chi connectivity index (χ3n) is 3.99. The fourth-order valence-corrected chi connectivity index (χ4v) is 3.28. The first kappa shape index (κ1) is 21.8. The number of urea groups is 1. The Kier molecular flexibility index (Phi) is 8.37. The third-order valence-corrected chi connectivity index (χ3v) is 4.82. The minimum Gasteiger partial charge on any atom is -0.383 e. The van der Waals surface area contributed by atoms with Gasteiger partial charge >= 0.3 is 6.03 Å². The van der Waals surface area contributed by atoms with Crippen molar-refractivity contribution in [2.24, 2.45) is 0 Å². The van der Waals surface area contributed by atoms with Crippen LogP contribution in [0.25, 0.3) is 0 Å². The molecule has 2 rings (SSSR count). The van der Waals surface area contributed by atoms with Crippen molar-refractivity contribution in [2.45, 2.75) is 27.3 Å². The largest absolute Gasteiger partial charge is 0.383 e. The first-order valence-corrected chi connectivity index (χ1v) is 9.81. The lowest BCUT2D eigenvalue weighted by atomic mass is 10.1. The Bertz CT molecular complexity index is 789. The SMILES string of the molecule is CCONC(=O)c1csc(CN(CCOC)C(=O)Nc2c(C)cccc2C)n1. The molecule has 0 spiro atoms. The van der Waals surface area contributed by atoms with Crippen molar-refractivity contribution in [1.29, 1.82) is 0 Å². The average molecular weight is 407 g/mol. The molecular weight excluding hydrogens is 380 g/mol. The van der Waals surface area contributed by atoms with Crippen LogP contribution in [0.3, 0.4) is 0 Å². The molecule has 0 aliphatic carbocycles. The van der Waals surface area contributed by atoms with Gasteiger partial charge < -0.3 is 15.0 Å². The van der Waals surface area contributed by atoms with E-state index >= 15 is 0 Å². The van der Waals surface area contributed by atoms with E-state index in [0.29, 0.717) is 24.8 Å². The molecule has 0 saturated heterocycles. The van der Waals surface area contributed by atoms with E-state index in [1.165, 1.54) is 11.3 Å². The molecule has 152 valence electrons. The molecular formula is C19H26N4O4S. The van der Waals surface area contributed by atoms with Crippen LogP contribution in [0.1, 0.15) is 33.5 Å². The zero-order valence-corrected chi connectivity index (χ0v) is 17.4. The number of nitrogens with zero attached hydrogens (tertiary/aromatic N) is 2. The normalized spacial score (nSPS) is 10.6. The van der Waals surface area contributed by atoms with Crippen molar-refractivity contribution in [3.8, 4) is 0 Å². The van der Waals surface area contributed by atoms with Crippen molar-refractivity contribution in [1.82, 2.24) is 15.4 Å². The number of para-hydroxylation sites is 1. The van der Waals surface area contributed by atoms with E-state index in [1.807, 2.05) is 32.0 Å². The van der Waals surface area contributed by atoms with Crippen LogP contribution >= 0.6 is 11.3 Å². The van der Waals surface area contributed by atoms with Crippen molar-refractivity contribution in [3.05, 3.63) is 45.4 Å². The minimum atomic E-state index is -0.409. The summed E-state index contributed by atoms with van der Waals surface area (Å²) in [6.07, 6.45) is 0. The maximum Gasteiger partial charge on any atom is 0.322 e. The molecule has 3 amide bonds. The number of nitrogens with one attached hydrogen (secondary N) is 2. The van der Waals surface area contributed by atoms with Gasteiger partial charge in [0.25, 0.3) is 5.91 Å². The molecule has 0 atom stereocenters. The number of carbonyl (C=O) groups is 2. The predicted octanol–water partition coefficient (Wildman–Crippen LogP) is 3.12. The van der Waals surface area contributed by atoms with Crippen LogP contribution < -0.4 is 10.8 Å². The summed E-state index contributed by atoms with van der Waals surface area (Å²) in [6, 6.07) is 5.61. The molecule has 28 heavy (non-hydrogen) atoms. The first-order valence-electron chi connectivity index (χ1n) is 8.93. The standard InChI is InChI=1S/C19H26N4O4S/c1-5-27-22-18(24)15-12-28-16(20-15)11-23(9-10-26-4)19(25)21-17-13(2)7-6-8-14(17)3/h6-8,12H,5,9-11H2,1-4H3,(H,21,25)(H,22,24). The Labute approximate surface area is 168 Å². The molecule has 0 aliphatic rings. The van der Waals surface area contributed by atoms with Crippen LogP contribution in [0.15, 0.2) is 23.6 Å². The number of hydrogen-bond donors (Lipinski definition) is 2. The number of methoxy groups -OCH3 is 1. The molecule has 2 N–H and O–H groups in total. The van der Waals surface area contributed by atoms with Crippen molar-refractivity contribution < 1.29 is 19.2 Å². The van der Waals surface area contributed by atoms with Gasteiger partial charge in [0.05, 0.1) is 19.8 Å². The molecule has 8 nitrogen and oxygen atoms in total. The molecule has 2 aromatic rings. The molecule has 1 aromatic heterocycles. The second kappa shape index (κ2) is 10.7. The van der Waals surface area contributed by atoms with Crippen LogP contribution in [0.5, 0.6) is 0 Å². The molecule has 1 heterocycles. The van der Waals surface area contributed by atoms with E-state index in [-0.39, 0.29) is 18.3 Å². The smallest absolute Gasteiger partial charge is 0.322 e. The number of aryl methyl sites for hydroxylation is 2. The van der Waals surface area contributed by atoms with Crippen LogP contribution in [0.2, 0.25) is 0 Å². The summed E-state index contributed by atoms with van der Waals surface area (Å²) in [6.45, 7) is 7.10. The lowest BCUT2D eigenvalue weighted by Gasteiger charge is -2.23.